The molecule has 0 fully saturated rings. The van der Waals surface area contributed by atoms with Gasteiger partial charge in [-0.15, -0.1) is 0 Å². The molecule has 0 saturated carbocycles. The van der Waals surface area contributed by atoms with Crippen molar-refractivity contribution in [2.45, 2.75) is 40.5 Å². The Morgan fingerprint density at radius 3 is 2.62 bits per heavy atom. The first-order valence-corrected chi connectivity index (χ1v) is 8.93. The summed E-state index contributed by atoms with van der Waals surface area (Å²) in [6.07, 6.45) is 2.14. The molecule has 0 radical (unpaired) electrons. The molecular weight excluding hydrogens is 318 g/mol. The summed E-state index contributed by atoms with van der Waals surface area (Å²) in [5, 5.41) is 4.24. The zero-order valence-electron chi connectivity index (χ0n) is 15.2. The van der Waals surface area contributed by atoms with Crippen LogP contribution in [0.25, 0.3) is 0 Å². The second kappa shape index (κ2) is 8.43. The van der Waals surface area contributed by atoms with E-state index in [-0.39, 0.29) is 5.41 Å². The third-order valence-electron chi connectivity index (χ3n) is 4.19. The molecule has 2 aromatic rings. The Morgan fingerprint density at radius 1 is 1.08 bits per heavy atom. The van der Waals surface area contributed by atoms with Gasteiger partial charge in [0.05, 0.1) is 6.61 Å². The van der Waals surface area contributed by atoms with Gasteiger partial charge in [-0.1, -0.05) is 43.6 Å². The fourth-order valence-electron chi connectivity index (χ4n) is 2.62. The average molecular weight is 346 g/mol. The number of hydrogen-bond donors (Lipinski definition) is 1. The van der Waals surface area contributed by atoms with Gasteiger partial charge in [-0.25, -0.2) is 0 Å². The van der Waals surface area contributed by atoms with E-state index in [4.69, 9.17) is 16.3 Å². The van der Waals surface area contributed by atoms with Gasteiger partial charge in [-0.3, -0.25) is 0 Å². The Balaban J connectivity index is 1.75. The van der Waals surface area contributed by atoms with Gasteiger partial charge in [0.2, 0.25) is 0 Å². The summed E-state index contributed by atoms with van der Waals surface area (Å²) in [7, 11) is 0. The van der Waals surface area contributed by atoms with Gasteiger partial charge in [0.25, 0.3) is 0 Å². The normalized spacial score (nSPS) is 11.4. The van der Waals surface area contributed by atoms with E-state index in [9.17, 15) is 0 Å². The quantitative estimate of drug-likeness (QED) is 0.570. The first-order chi connectivity index (χ1) is 11.4. The second-order valence-electron chi connectivity index (χ2n) is 7.25. The Morgan fingerprint density at radius 2 is 1.88 bits per heavy atom. The van der Waals surface area contributed by atoms with Crippen molar-refractivity contribution in [2.24, 2.45) is 5.41 Å². The fourth-order valence-corrected chi connectivity index (χ4v) is 2.81. The highest BCUT2D eigenvalue weighted by Gasteiger charge is 2.17. The molecule has 0 bridgehead atoms. The number of rotatable bonds is 8. The van der Waals surface area contributed by atoms with Crippen LogP contribution in [-0.4, -0.2) is 13.2 Å². The van der Waals surface area contributed by atoms with E-state index in [0.717, 1.165) is 42.5 Å². The zero-order valence-corrected chi connectivity index (χ0v) is 15.9. The third-order valence-corrected chi connectivity index (χ3v) is 4.43. The third kappa shape index (κ3) is 6.09. The maximum Gasteiger partial charge on any atom is 0.122 e. The molecule has 0 aliphatic carbocycles. The first kappa shape index (κ1) is 18.7. The van der Waals surface area contributed by atoms with Gasteiger partial charge in [-0.2, -0.15) is 0 Å². The van der Waals surface area contributed by atoms with Crippen LogP contribution >= 0.6 is 11.6 Å². The lowest BCUT2D eigenvalue weighted by atomic mass is 9.88. The maximum atomic E-state index is 6.02. The second-order valence-corrected chi connectivity index (χ2v) is 7.69. The largest absolute Gasteiger partial charge is 0.493 e. The van der Waals surface area contributed by atoms with Crippen LogP contribution in [0.4, 0.5) is 5.69 Å². The fraction of sp³-hybridized carbons (Fsp3) is 0.429. The Bertz CT molecular complexity index is 667. The number of ether oxygens (including phenoxy) is 1. The van der Waals surface area contributed by atoms with E-state index in [1.165, 1.54) is 11.1 Å². The predicted molar refractivity (Wildman–Crippen MR) is 104 cm³/mol. The Labute approximate surface area is 151 Å². The molecule has 0 amide bonds. The summed E-state index contributed by atoms with van der Waals surface area (Å²) in [5.74, 6) is 1.00. The van der Waals surface area contributed by atoms with Crippen molar-refractivity contribution in [3.05, 3.63) is 58.6 Å². The van der Waals surface area contributed by atoms with E-state index in [1.54, 1.807) is 0 Å². The van der Waals surface area contributed by atoms with Crippen LogP contribution in [0.2, 0.25) is 5.02 Å². The molecular formula is C21H28ClNO. The monoisotopic (exact) mass is 345 g/mol. The summed E-state index contributed by atoms with van der Waals surface area (Å²) in [6.45, 7) is 10.4. The number of aryl methyl sites for hydroxylation is 2. The van der Waals surface area contributed by atoms with E-state index in [2.05, 4.69) is 51.2 Å². The SMILES string of the molecule is Cc1ccc(C)c(OCCCC(C)(C)CNc2cccc(Cl)c2)c1. The molecule has 2 nitrogen and oxygen atoms in total. The molecule has 0 spiro atoms. The number of hydrogen-bond acceptors (Lipinski definition) is 2. The molecule has 0 aliphatic heterocycles. The summed E-state index contributed by atoms with van der Waals surface area (Å²) in [4.78, 5) is 0. The van der Waals surface area contributed by atoms with E-state index in [1.807, 2.05) is 24.3 Å². The Hall–Kier alpha value is -1.67. The highest BCUT2D eigenvalue weighted by atomic mass is 35.5. The van der Waals surface area contributed by atoms with Crippen LogP contribution in [0.15, 0.2) is 42.5 Å². The lowest BCUT2D eigenvalue weighted by molar-refractivity contribution is 0.263. The number of anilines is 1. The van der Waals surface area contributed by atoms with Crippen LogP contribution in [0, 0.1) is 19.3 Å². The maximum absolute atomic E-state index is 6.02. The van der Waals surface area contributed by atoms with Crippen molar-refractivity contribution in [1.82, 2.24) is 0 Å². The van der Waals surface area contributed by atoms with Crippen LogP contribution < -0.4 is 10.1 Å². The van der Waals surface area contributed by atoms with Gasteiger partial charge < -0.3 is 10.1 Å². The highest BCUT2D eigenvalue weighted by Crippen LogP contribution is 2.25. The van der Waals surface area contributed by atoms with E-state index >= 15 is 0 Å². The Kier molecular flexibility index (Phi) is 6.56. The average Bonchev–Trinajstić information content (AvgIpc) is 2.53. The van der Waals surface area contributed by atoms with E-state index < -0.39 is 0 Å². The minimum Gasteiger partial charge on any atom is -0.493 e. The van der Waals surface area contributed by atoms with Gasteiger partial charge in [0.1, 0.15) is 5.75 Å². The molecule has 2 aromatic carbocycles. The first-order valence-electron chi connectivity index (χ1n) is 8.55. The minimum absolute atomic E-state index is 0.202. The molecule has 130 valence electrons. The van der Waals surface area contributed by atoms with Gasteiger partial charge >= 0.3 is 0 Å². The smallest absolute Gasteiger partial charge is 0.122 e. The standard InChI is InChI=1S/C21H28ClNO/c1-16-9-10-17(2)20(13-16)24-12-6-11-21(3,4)15-23-19-8-5-7-18(22)14-19/h5,7-10,13-14,23H,6,11-12,15H2,1-4H3. The lowest BCUT2D eigenvalue weighted by Gasteiger charge is -2.25. The molecule has 24 heavy (non-hydrogen) atoms. The van der Waals surface area contributed by atoms with Crippen molar-refractivity contribution >= 4 is 17.3 Å². The van der Waals surface area contributed by atoms with E-state index in [0.29, 0.717) is 0 Å². The zero-order chi connectivity index (χ0) is 17.6. The van der Waals surface area contributed by atoms with Crippen molar-refractivity contribution in [1.29, 1.82) is 0 Å². The summed E-state index contributed by atoms with van der Waals surface area (Å²) >= 11 is 6.02. The number of benzene rings is 2. The van der Waals surface area contributed by atoms with Crippen molar-refractivity contribution in [3.63, 3.8) is 0 Å². The van der Waals surface area contributed by atoms with Crippen LogP contribution in [0.3, 0.4) is 0 Å². The molecule has 0 atom stereocenters. The molecule has 0 aromatic heterocycles. The summed E-state index contributed by atoms with van der Waals surface area (Å²) in [6, 6.07) is 14.2. The number of nitrogens with one attached hydrogen (secondary N) is 1. The van der Waals surface area contributed by atoms with Crippen molar-refractivity contribution < 1.29 is 4.74 Å². The van der Waals surface area contributed by atoms with Gasteiger partial charge in [0.15, 0.2) is 0 Å². The van der Waals surface area contributed by atoms with Gasteiger partial charge in [0, 0.05) is 17.3 Å². The summed E-state index contributed by atoms with van der Waals surface area (Å²) < 4.78 is 5.95. The van der Waals surface area contributed by atoms with Crippen LogP contribution in [0.1, 0.15) is 37.8 Å². The van der Waals surface area contributed by atoms with Crippen LogP contribution in [0.5, 0.6) is 5.75 Å². The predicted octanol–water partition coefficient (Wildman–Crippen LogP) is 6.25. The van der Waals surface area contributed by atoms with Crippen molar-refractivity contribution in [2.75, 3.05) is 18.5 Å². The van der Waals surface area contributed by atoms with Crippen molar-refractivity contribution in [3.8, 4) is 5.75 Å². The molecule has 0 unspecified atom stereocenters. The topological polar surface area (TPSA) is 21.3 Å². The minimum atomic E-state index is 0.202. The number of halogens is 1. The molecule has 1 N–H and O–H groups in total. The molecule has 3 heteroatoms. The van der Waals surface area contributed by atoms with Crippen LogP contribution in [-0.2, 0) is 0 Å². The molecule has 0 saturated heterocycles. The lowest BCUT2D eigenvalue weighted by Crippen LogP contribution is -2.23. The highest BCUT2D eigenvalue weighted by molar-refractivity contribution is 6.30. The summed E-state index contributed by atoms with van der Waals surface area (Å²) in [5.41, 5.74) is 3.71. The molecule has 0 aliphatic rings. The molecule has 0 heterocycles. The van der Waals surface area contributed by atoms with Gasteiger partial charge in [-0.05, 0) is 67.5 Å². The molecule has 2 rings (SSSR count).